The maximum absolute atomic E-state index is 10.1. The Hall–Kier alpha value is -1.60. The molecule has 6 heteroatoms. The van der Waals surface area contributed by atoms with Crippen molar-refractivity contribution in [2.24, 2.45) is 0 Å². The van der Waals surface area contributed by atoms with E-state index in [-0.39, 0.29) is 0 Å². The number of rotatable bonds is 3. The van der Waals surface area contributed by atoms with Crippen LogP contribution in [-0.4, -0.2) is 49.8 Å². The number of hydrogen-bond donors (Lipinski definition) is 3. The minimum Gasteiger partial charge on any atom is -0.477 e. The second-order valence-electron chi connectivity index (χ2n) is 6.04. The molecule has 2 aromatic rings. The number of aryl methyl sites for hydroxylation is 2. The maximum atomic E-state index is 10.1. The van der Waals surface area contributed by atoms with Gasteiger partial charge in [-0.05, 0) is 60.4 Å². The third kappa shape index (κ3) is 3.42. The molecule has 5 nitrogen and oxygen atoms in total. The van der Waals surface area contributed by atoms with Crippen LogP contribution in [-0.2, 0) is 0 Å². The van der Waals surface area contributed by atoms with Crippen LogP contribution in [0.1, 0.15) is 11.1 Å². The van der Waals surface area contributed by atoms with Crippen LogP contribution in [0.4, 0.5) is 0 Å². The lowest BCUT2D eigenvalue weighted by Gasteiger charge is -2.34. The molecule has 1 aromatic carbocycles. The number of thioether (sulfide) groups is 1. The van der Waals surface area contributed by atoms with Gasteiger partial charge in [0.2, 0.25) is 0 Å². The Morgan fingerprint density at radius 2 is 1.67 bits per heavy atom. The summed E-state index contributed by atoms with van der Waals surface area (Å²) >= 11 is 1.30. The third-order valence-electron chi connectivity index (χ3n) is 4.18. The van der Waals surface area contributed by atoms with Crippen LogP contribution in [0.3, 0.4) is 0 Å². The van der Waals surface area contributed by atoms with Crippen molar-refractivity contribution in [1.29, 1.82) is 0 Å². The van der Waals surface area contributed by atoms with Crippen molar-refractivity contribution in [1.82, 2.24) is 4.98 Å². The largest absolute Gasteiger partial charge is 0.477 e. The van der Waals surface area contributed by atoms with E-state index < -0.39 is 23.7 Å². The first-order valence-corrected chi connectivity index (χ1v) is 8.86. The molecule has 0 spiro atoms. The number of pyridine rings is 1. The number of nitrogens with zero attached hydrogens (tertiary/aromatic N) is 1. The van der Waals surface area contributed by atoms with Crippen molar-refractivity contribution in [2.75, 3.05) is 5.75 Å². The number of benzene rings is 1. The molecule has 1 aliphatic rings. The summed E-state index contributed by atoms with van der Waals surface area (Å²) in [7, 11) is 0. The van der Waals surface area contributed by atoms with E-state index in [1.54, 1.807) is 12.4 Å². The third-order valence-corrected chi connectivity index (χ3v) is 5.42. The fourth-order valence-corrected chi connectivity index (χ4v) is 4.10. The summed E-state index contributed by atoms with van der Waals surface area (Å²) in [5, 5.41) is 29.5. The van der Waals surface area contributed by atoms with E-state index in [9.17, 15) is 15.3 Å². The Balaban J connectivity index is 1.83. The van der Waals surface area contributed by atoms with Gasteiger partial charge in [0.05, 0.1) is 6.10 Å². The van der Waals surface area contributed by atoms with Crippen molar-refractivity contribution in [3.63, 3.8) is 0 Å². The average molecular weight is 347 g/mol. The summed E-state index contributed by atoms with van der Waals surface area (Å²) in [5.41, 5.74) is 3.75. The molecule has 0 amide bonds. The molecule has 4 atom stereocenters. The molecule has 0 saturated carbocycles. The van der Waals surface area contributed by atoms with Gasteiger partial charge in [-0.15, -0.1) is 11.8 Å². The Kier molecular flexibility index (Phi) is 5.10. The normalized spacial score (nSPS) is 27.0. The van der Waals surface area contributed by atoms with Crippen LogP contribution in [0.5, 0.6) is 5.75 Å². The van der Waals surface area contributed by atoms with Gasteiger partial charge >= 0.3 is 0 Å². The first-order valence-electron chi connectivity index (χ1n) is 7.81. The zero-order valence-corrected chi connectivity index (χ0v) is 14.4. The highest BCUT2D eigenvalue weighted by Crippen LogP contribution is 2.34. The van der Waals surface area contributed by atoms with Gasteiger partial charge in [0, 0.05) is 18.1 Å². The van der Waals surface area contributed by atoms with Gasteiger partial charge in [-0.2, -0.15) is 0 Å². The van der Waals surface area contributed by atoms with Crippen LogP contribution < -0.4 is 4.74 Å². The second kappa shape index (κ2) is 7.11. The van der Waals surface area contributed by atoms with Crippen molar-refractivity contribution in [3.8, 4) is 16.9 Å². The highest BCUT2D eigenvalue weighted by atomic mass is 32.2. The summed E-state index contributed by atoms with van der Waals surface area (Å²) in [6.45, 7) is 4.03. The maximum Gasteiger partial charge on any atom is 0.173 e. The van der Waals surface area contributed by atoms with Gasteiger partial charge in [-0.1, -0.05) is 0 Å². The summed E-state index contributed by atoms with van der Waals surface area (Å²) in [6.07, 6.45) is 0.289. The minimum absolute atomic E-state index is 0.329. The fraction of sp³-hybridized carbons (Fsp3) is 0.389. The van der Waals surface area contributed by atoms with Gasteiger partial charge in [0.1, 0.15) is 18.0 Å². The molecule has 24 heavy (non-hydrogen) atoms. The van der Waals surface area contributed by atoms with Gasteiger partial charge in [-0.25, -0.2) is 0 Å². The van der Waals surface area contributed by atoms with Crippen LogP contribution in [0.2, 0.25) is 0 Å². The lowest BCUT2D eigenvalue weighted by molar-refractivity contribution is -0.0786. The van der Waals surface area contributed by atoms with Gasteiger partial charge in [0.15, 0.2) is 5.44 Å². The zero-order valence-electron chi connectivity index (χ0n) is 13.6. The molecular formula is C18H21NO4S. The molecule has 128 valence electrons. The lowest BCUT2D eigenvalue weighted by atomic mass is 9.96. The molecule has 0 radical (unpaired) electrons. The molecule has 3 N–H and O–H groups in total. The zero-order chi connectivity index (χ0) is 17.3. The fourth-order valence-electron chi connectivity index (χ4n) is 2.98. The summed E-state index contributed by atoms with van der Waals surface area (Å²) in [6, 6.07) is 7.78. The quantitative estimate of drug-likeness (QED) is 0.787. The van der Waals surface area contributed by atoms with E-state index in [4.69, 9.17) is 4.74 Å². The summed E-state index contributed by atoms with van der Waals surface area (Å²) in [5.74, 6) is 0.971. The van der Waals surface area contributed by atoms with E-state index in [1.807, 2.05) is 38.1 Å². The van der Waals surface area contributed by atoms with E-state index in [2.05, 4.69) is 4.98 Å². The van der Waals surface area contributed by atoms with Gasteiger partial charge < -0.3 is 20.1 Å². The first-order chi connectivity index (χ1) is 11.5. The predicted molar refractivity (Wildman–Crippen MR) is 94.0 cm³/mol. The van der Waals surface area contributed by atoms with Crippen molar-refractivity contribution < 1.29 is 20.1 Å². The number of hydrogen-bond acceptors (Lipinski definition) is 6. The van der Waals surface area contributed by atoms with E-state index in [1.165, 1.54) is 11.8 Å². The standard InChI is InChI=1S/C18H21NO4S/c1-10-7-13(23-18-17(22)16(21)14(20)9-24-18)8-11(2)15(10)12-3-5-19-6-4-12/h3-8,14,16-18,20-22H,9H2,1-2H3/t14-,16+,17-,18+/m1/s1. The SMILES string of the molecule is Cc1cc(O[C@H]2SC[C@@H](O)[C@H](O)[C@H]2O)cc(C)c1-c1ccncc1. The number of aliphatic hydroxyl groups excluding tert-OH is 3. The van der Waals surface area contributed by atoms with Crippen LogP contribution in [0, 0.1) is 13.8 Å². The molecule has 1 saturated heterocycles. The first kappa shape index (κ1) is 17.2. The highest BCUT2D eigenvalue weighted by molar-refractivity contribution is 7.99. The molecule has 0 bridgehead atoms. The van der Waals surface area contributed by atoms with Crippen LogP contribution in [0.15, 0.2) is 36.7 Å². The Morgan fingerprint density at radius 1 is 1.04 bits per heavy atom. The second-order valence-corrected chi connectivity index (χ2v) is 7.17. The summed E-state index contributed by atoms with van der Waals surface area (Å²) in [4.78, 5) is 4.05. The monoisotopic (exact) mass is 347 g/mol. The van der Waals surface area contributed by atoms with E-state index in [0.717, 1.165) is 22.3 Å². The van der Waals surface area contributed by atoms with E-state index in [0.29, 0.717) is 11.5 Å². The highest BCUT2D eigenvalue weighted by Gasteiger charge is 2.38. The van der Waals surface area contributed by atoms with Crippen LogP contribution >= 0.6 is 11.8 Å². The molecule has 0 aliphatic carbocycles. The Labute approximate surface area is 145 Å². The molecule has 2 heterocycles. The minimum atomic E-state index is -1.19. The van der Waals surface area contributed by atoms with Crippen LogP contribution in [0.25, 0.3) is 11.1 Å². The molecule has 1 aliphatic heterocycles. The number of aromatic nitrogens is 1. The summed E-state index contributed by atoms with van der Waals surface area (Å²) < 4.78 is 5.87. The molecule has 1 fully saturated rings. The predicted octanol–water partition coefficient (Wildman–Crippen LogP) is 1.90. The molecule has 3 rings (SSSR count). The number of ether oxygens (including phenoxy) is 1. The Bertz CT molecular complexity index is 686. The van der Waals surface area contributed by atoms with Crippen molar-refractivity contribution in [2.45, 2.75) is 37.6 Å². The van der Waals surface area contributed by atoms with Gasteiger partial charge in [-0.3, -0.25) is 4.98 Å². The molecule has 1 aromatic heterocycles. The van der Waals surface area contributed by atoms with Crippen molar-refractivity contribution in [3.05, 3.63) is 47.8 Å². The lowest BCUT2D eigenvalue weighted by Crippen LogP contribution is -2.50. The molecular weight excluding hydrogens is 326 g/mol. The van der Waals surface area contributed by atoms with Crippen molar-refractivity contribution >= 4 is 11.8 Å². The Morgan fingerprint density at radius 3 is 2.29 bits per heavy atom. The smallest absolute Gasteiger partial charge is 0.173 e. The average Bonchev–Trinajstić information content (AvgIpc) is 2.56. The topological polar surface area (TPSA) is 82.8 Å². The van der Waals surface area contributed by atoms with E-state index >= 15 is 0 Å². The van der Waals surface area contributed by atoms with Gasteiger partial charge in [0.25, 0.3) is 0 Å². The number of aliphatic hydroxyl groups is 3. The molecule has 0 unspecified atom stereocenters.